The third-order valence-electron chi connectivity index (χ3n) is 5.21. The smallest absolute Gasteiger partial charge is 0.387 e. The maximum atomic E-state index is 12.2. The lowest BCUT2D eigenvalue weighted by atomic mass is 9.91. The van der Waals surface area contributed by atoms with Gasteiger partial charge in [-0.15, -0.1) is 5.92 Å². The van der Waals surface area contributed by atoms with E-state index in [2.05, 4.69) is 40.2 Å². The third kappa shape index (κ3) is 4.80. The highest BCUT2D eigenvalue weighted by molar-refractivity contribution is 7.61. The first-order chi connectivity index (χ1) is 16.6. The van der Waals surface area contributed by atoms with Gasteiger partial charge in [-0.2, -0.15) is 9.29 Å². The number of nitrogen functional groups attached to an aromatic ring is 1. The van der Waals surface area contributed by atoms with Crippen molar-refractivity contribution in [1.82, 2.24) is 19.5 Å². The van der Waals surface area contributed by atoms with E-state index >= 15 is 0 Å². The molecule has 36 heavy (non-hydrogen) atoms. The molecule has 0 aromatic carbocycles. The molecule has 18 nitrogen and oxygen atoms in total. The van der Waals surface area contributed by atoms with Gasteiger partial charge < -0.3 is 41.3 Å². The van der Waals surface area contributed by atoms with Crippen LogP contribution in [0.15, 0.2) is 12.5 Å². The first kappa shape index (κ1) is 26.7. The molecule has 1 aliphatic heterocycles. The molecule has 1 saturated heterocycles. The van der Waals surface area contributed by atoms with Crippen molar-refractivity contribution in [1.29, 1.82) is 0 Å². The number of aromatic nitrogens is 4. The highest BCUT2D eigenvalue weighted by Crippen LogP contribution is 2.62. The Bertz CT molecular complexity index is 1370. The summed E-state index contributed by atoms with van der Waals surface area (Å²) >= 11 is 0. The van der Waals surface area contributed by atoms with Crippen molar-refractivity contribution in [3.8, 4) is 11.8 Å². The van der Waals surface area contributed by atoms with Crippen LogP contribution in [0.4, 0.5) is 5.95 Å². The van der Waals surface area contributed by atoms with Crippen molar-refractivity contribution in [2.24, 2.45) is 5.73 Å². The summed E-state index contributed by atoms with van der Waals surface area (Å²) in [6.45, 7) is 0.535. The molecule has 0 amide bonds. The second-order valence-electron chi connectivity index (χ2n) is 7.76. The number of aliphatic hydroxyl groups is 3. The number of aliphatic hydroxyl groups excluding tert-OH is 1. The van der Waals surface area contributed by atoms with Crippen molar-refractivity contribution in [3.63, 3.8) is 0 Å². The molecule has 1 aliphatic carbocycles. The van der Waals surface area contributed by atoms with Crippen LogP contribution >= 0.6 is 15.6 Å². The number of nitrogens with zero attached hydrogens (tertiary/aromatic N) is 4. The first-order valence-corrected chi connectivity index (χ1v) is 12.8. The molecule has 2 aliphatic rings. The highest BCUT2D eigenvalue weighted by Gasteiger charge is 2.68. The van der Waals surface area contributed by atoms with Gasteiger partial charge in [-0.25, -0.2) is 19.1 Å². The van der Waals surface area contributed by atoms with E-state index in [9.17, 15) is 28.8 Å². The lowest BCUT2D eigenvalue weighted by Gasteiger charge is -2.27. The van der Waals surface area contributed by atoms with E-state index in [0.717, 1.165) is 0 Å². The minimum absolute atomic E-state index is 0.0894. The van der Waals surface area contributed by atoms with Crippen molar-refractivity contribution in [2.75, 3.05) is 12.3 Å². The summed E-state index contributed by atoms with van der Waals surface area (Å²) in [4.78, 5) is 42.5. The predicted octanol–water partition coefficient (Wildman–Crippen LogP) is -2.73. The number of rotatable bonds is 8. The number of carbonyl (C=O) groups is 1. The van der Waals surface area contributed by atoms with Crippen LogP contribution in [0.25, 0.3) is 11.2 Å². The van der Waals surface area contributed by atoms with Gasteiger partial charge in [0, 0.05) is 0 Å². The normalized spacial score (nSPS) is 32.5. The molecular weight excluding hydrogens is 530 g/mol. The van der Waals surface area contributed by atoms with Crippen molar-refractivity contribution in [2.45, 2.75) is 42.8 Å². The van der Waals surface area contributed by atoms with E-state index in [1.165, 1.54) is 24.0 Å². The topological polar surface area (TPSA) is 285 Å². The van der Waals surface area contributed by atoms with Crippen LogP contribution in [-0.4, -0.2) is 86.7 Å². The average molecular weight is 550 g/mol. The summed E-state index contributed by atoms with van der Waals surface area (Å²) in [5.74, 6) is 0.697. The van der Waals surface area contributed by atoms with Crippen LogP contribution < -0.4 is 11.5 Å². The number of ether oxygens (including phenoxy) is 1. The summed E-state index contributed by atoms with van der Waals surface area (Å²) in [5, 5.41) is 29.1. The van der Waals surface area contributed by atoms with Gasteiger partial charge in [0.05, 0.1) is 19.1 Å². The maximum Gasteiger partial charge on any atom is 0.482 e. The predicted molar refractivity (Wildman–Crippen MR) is 114 cm³/mol. The number of fused-ring (bicyclic) bond motifs is 1. The van der Waals surface area contributed by atoms with Crippen LogP contribution in [-0.2, 0) is 32.0 Å². The van der Waals surface area contributed by atoms with Gasteiger partial charge >= 0.3 is 15.6 Å². The molecule has 0 radical (unpaired) electrons. The lowest BCUT2D eigenvalue weighted by molar-refractivity contribution is -0.135. The fraction of sp³-hybridized carbons (Fsp3) is 0.500. The average Bonchev–Trinajstić information content (AvgIpc) is 3.07. The fourth-order valence-electron chi connectivity index (χ4n) is 3.45. The van der Waals surface area contributed by atoms with E-state index < -0.39 is 63.9 Å². The number of imidazole rings is 1. The number of nitrogens with two attached hydrogens (primary N) is 2. The summed E-state index contributed by atoms with van der Waals surface area (Å²) < 4.78 is 44.0. The molecule has 4 rings (SSSR count). The quantitative estimate of drug-likeness (QED) is 0.0997. The van der Waals surface area contributed by atoms with Gasteiger partial charge in [-0.3, -0.25) is 18.4 Å². The summed E-state index contributed by atoms with van der Waals surface area (Å²) in [5.41, 5.74) is 10.6. The zero-order valence-corrected chi connectivity index (χ0v) is 19.9. The Hall–Kier alpha value is -2.36. The Morgan fingerprint density at radius 3 is 2.56 bits per heavy atom. The summed E-state index contributed by atoms with van der Waals surface area (Å²) in [6.07, 6.45) is -3.89. The van der Waals surface area contributed by atoms with Gasteiger partial charge in [0.1, 0.15) is 17.7 Å². The molecule has 0 bridgehead atoms. The standard InChI is InChI=1S/C16H20N6O12P2/c1-2-3-15(18)9(23)8(32-13(15)22-6-20-7-4-19-14(17)21-12(7)22)5-31-35(27,28)34-36(29,30)33-11-10(24)16(11,25)26/h4,6,8-9,11,13,23,25-26H,5,18H2,1H3,(H,27,28)(H,29,30)(H2,17,19,21)/t8-,9?,11?,13-,15?/m1/s1. The monoisotopic (exact) mass is 550 g/mol. The lowest BCUT2D eigenvalue weighted by Crippen LogP contribution is -2.53. The van der Waals surface area contributed by atoms with E-state index in [1.54, 1.807) is 0 Å². The Balaban J connectivity index is 1.50. The van der Waals surface area contributed by atoms with Gasteiger partial charge in [0.2, 0.25) is 11.7 Å². The minimum Gasteiger partial charge on any atom is -0.387 e. The second kappa shape index (κ2) is 8.89. The number of phosphoric acid groups is 2. The summed E-state index contributed by atoms with van der Waals surface area (Å²) in [6, 6.07) is 0. The Labute approximate surface area is 201 Å². The van der Waals surface area contributed by atoms with Crippen LogP contribution in [0.5, 0.6) is 0 Å². The van der Waals surface area contributed by atoms with E-state index in [-0.39, 0.29) is 11.6 Å². The number of hydrogen-bond acceptors (Lipinski definition) is 15. The highest BCUT2D eigenvalue weighted by atomic mass is 31.3. The Morgan fingerprint density at radius 2 is 1.94 bits per heavy atom. The third-order valence-corrected chi connectivity index (χ3v) is 7.82. The van der Waals surface area contributed by atoms with Crippen molar-refractivity contribution < 1.29 is 57.1 Å². The molecule has 2 aromatic rings. The van der Waals surface area contributed by atoms with Crippen molar-refractivity contribution >= 4 is 38.5 Å². The number of hydrogen-bond donors (Lipinski definition) is 7. The number of anilines is 1. The summed E-state index contributed by atoms with van der Waals surface area (Å²) in [7, 11) is -10.9. The molecule has 2 fully saturated rings. The van der Waals surface area contributed by atoms with Crippen LogP contribution in [0.1, 0.15) is 13.2 Å². The number of carbonyl (C=O) groups excluding carboxylic acids is 1. The van der Waals surface area contributed by atoms with E-state index in [4.69, 9.17) is 26.4 Å². The molecular formula is C16H20N6O12P2. The zero-order valence-electron chi connectivity index (χ0n) is 18.1. The minimum atomic E-state index is -5.49. The molecule has 7 atom stereocenters. The maximum absolute atomic E-state index is 12.2. The van der Waals surface area contributed by atoms with E-state index in [0.29, 0.717) is 5.52 Å². The zero-order chi connectivity index (χ0) is 26.7. The largest absolute Gasteiger partial charge is 0.482 e. The number of phosphoric ester groups is 2. The fourth-order valence-corrected chi connectivity index (χ4v) is 5.68. The molecule has 5 unspecified atom stereocenters. The van der Waals surface area contributed by atoms with Gasteiger partial charge in [-0.1, -0.05) is 5.92 Å². The molecule has 0 spiro atoms. The van der Waals surface area contributed by atoms with Gasteiger partial charge in [-0.05, 0) is 6.92 Å². The van der Waals surface area contributed by atoms with Crippen LogP contribution in [0, 0.1) is 11.8 Å². The van der Waals surface area contributed by atoms with Crippen molar-refractivity contribution in [3.05, 3.63) is 12.5 Å². The van der Waals surface area contributed by atoms with E-state index in [1.807, 2.05) is 0 Å². The molecule has 9 N–H and O–H groups in total. The molecule has 2 aromatic heterocycles. The first-order valence-electron chi connectivity index (χ1n) is 9.81. The molecule has 1 saturated carbocycles. The number of ketones is 1. The molecule has 20 heteroatoms. The molecule has 3 heterocycles. The van der Waals surface area contributed by atoms with Crippen LogP contribution in [0.3, 0.4) is 0 Å². The number of Topliss-reactive ketones (excluding diaryl/α,β-unsaturated/α-hetero) is 1. The SMILES string of the molecule is CC#CC1(N)C(O)[C@@H](COP(=O)(O)OP(=O)(O)OC2C(=O)C2(O)O)O[C@H]1n1cnc2cnc(N)nc21. The second-order valence-corrected chi connectivity index (χ2v) is 10.8. The molecule has 196 valence electrons. The van der Waals surface area contributed by atoms with Gasteiger partial charge in [0.25, 0.3) is 5.79 Å². The van der Waals surface area contributed by atoms with Gasteiger partial charge in [0.15, 0.2) is 23.5 Å². The van der Waals surface area contributed by atoms with Crippen LogP contribution in [0.2, 0.25) is 0 Å². The Morgan fingerprint density at radius 1 is 1.28 bits per heavy atom. The Kier molecular flexibility index (Phi) is 6.59.